The molecule has 2 aromatic carbocycles. The number of benzene rings is 2. The predicted molar refractivity (Wildman–Crippen MR) is 128 cm³/mol. The molecule has 0 aromatic heterocycles. The van der Waals surface area contributed by atoms with Crippen LogP contribution in [0.2, 0.25) is 0 Å². The number of ether oxygens (including phenoxy) is 2. The number of carbonyl (C=O) groups excluding carboxylic acids is 2. The van der Waals surface area contributed by atoms with Gasteiger partial charge < -0.3 is 0 Å². The number of carbonyl (C=O) groups is 2. The Morgan fingerprint density at radius 3 is 1.44 bits per heavy atom. The standard InChI is InChI=1S/C24H32N3O6P/c1-25(2)34(26(3)17-18-27(34)4)32-23(21(28)30-5,19-13-9-7-10-14-19)24(33-34,22(29)31-6)20-15-11-8-12-16-20/h7-16H,17-18H2,1-6H3/t23-,24+. The second-order valence-electron chi connectivity index (χ2n) is 8.70. The minimum absolute atomic E-state index is 0.424. The van der Waals surface area contributed by atoms with Crippen LogP contribution < -0.4 is 0 Å². The van der Waals surface area contributed by atoms with Gasteiger partial charge in [-0.2, -0.15) is 0 Å². The Morgan fingerprint density at radius 2 is 1.15 bits per heavy atom. The van der Waals surface area contributed by atoms with Gasteiger partial charge in [0, 0.05) is 0 Å². The molecule has 184 valence electrons. The summed E-state index contributed by atoms with van der Waals surface area (Å²) in [7, 11) is 5.77. The van der Waals surface area contributed by atoms with Gasteiger partial charge in [-0.05, 0) is 0 Å². The van der Waals surface area contributed by atoms with Crippen LogP contribution in [0, 0.1) is 0 Å². The van der Waals surface area contributed by atoms with Crippen LogP contribution in [0.3, 0.4) is 0 Å². The minimum atomic E-state index is -4.22. The number of hydrogen-bond acceptors (Lipinski definition) is 9. The van der Waals surface area contributed by atoms with Gasteiger partial charge >= 0.3 is 200 Å². The summed E-state index contributed by atoms with van der Waals surface area (Å²) in [6.45, 7) is 1.20. The average Bonchev–Trinajstić information content (AvgIpc) is 3.32. The van der Waals surface area contributed by atoms with Crippen molar-refractivity contribution in [1.29, 1.82) is 0 Å². The normalized spacial score (nSPS) is 29.6. The van der Waals surface area contributed by atoms with Crippen molar-refractivity contribution in [2.24, 2.45) is 0 Å². The van der Waals surface area contributed by atoms with E-state index < -0.39 is 30.7 Å². The van der Waals surface area contributed by atoms with Crippen LogP contribution in [0.4, 0.5) is 0 Å². The summed E-state index contributed by atoms with van der Waals surface area (Å²) in [5.74, 6) is -1.52. The quantitative estimate of drug-likeness (QED) is 0.465. The molecular formula is C24H32N3O6P. The van der Waals surface area contributed by atoms with Gasteiger partial charge in [0.25, 0.3) is 0 Å². The van der Waals surface area contributed by atoms with Gasteiger partial charge in [0.2, 0.25) is 0 Å². The third kappa shape index (κ3) is 2.77. The van der Waals surface area contributed by atoms with Crippen LogP contribution in [-0.2, 0) is 39.3 Å². The number of rotatable bonds is 5. The number of hydrogen-bond donors (Lipinski definition) is 0. The molecule has 2 saturated heterocycles. The molecule has 2 heterocycles. The molecule has 0 unspecified atom stereocenters. The van der Waals surface area contributed by atoms with E-state index in [0.29, 0.717) is 24.2 Å². The molecule has 1 spiro atoms. The molecule has 10 heteroatoms. The van der Waals surface area contributed by atoms with Gasteiger partial charge in [0.1, 0.15) is 0 Å². The fourth-order valence-electron chi connectivity index (χ4n) is 5.31. The van der Waals surface area contributed by atoms with Crippen LogP contribution in [0.25, 0.3) is 0 Å². The molecule has 0 radical (unpaired) electrons. The van der Waals surface area contributed by atoms with E-state index in [1.807, 2.05) is 54.3 Å². The summed E-state index contributed by atoms with van der Waals surface area (Å²) in [5, 5.41) is 0. The summed E-state index contributed by atoms with van der Waals surface area (Å²) in [5.41, 5.74) is -3.17. The van der Waals surface area contributed by atoms with E-state index in [9.17, 15) is 9.59 Å². The number of likely N-dealkylation sites (N-methyl/N-ethyl adjacent to an activating group) is 2. The van der Waals surface area contributed by atoms with E-state index in [1.54, 1.807) is 48.5 Å². The zero-order valence-corrected chi connectivity index (χ0v) is 21.3. The molecule has 2 aromatic rings. The molecule has 2 atom stereocenters. The Hall–Kier alpha value is -2.39. The van der Waals surface area contributed by atoms with Gasteiger partial charge in [-0.25, -0.2) is 0 Å². The summed E-state index contributed by atoms with van der Waals surface area (Å²) < 4.78 is 30.8. The van der Waals surface area contributed by atoms with Crippen molar-refractivity contribution in [2.45, 2.75) is 11.2 Å². The van der Waals surface area contributed by atoms with Crippen LogP contribution >= 0.6 is 7.51 Å². The van der Waals surface area contributed by atoms with Gasteiger partial charge in [-0.1, -0.05) is 0 Å². The number of methoxy groups -OCH3 is 2. The Balaban J connectivity index is 2.23. The summed E-state index contributed by atoms with van der Waals surface area (Å²) in [4.78, 5) is 28.0. The molecule has 34 heavy (non-hydrogen) atoms. The van der Waals surface area contributed by atoms with Crippen LogP contribution in [0.15, 0.2) is 60.7 Å². The van der Waals surface area contributed by atoms with Crippen LogP contribution in [0.1, 0.15) is 11.1 Å². The first kappa shape index (κ1) is 24.7. The van der Waals surface area contributed by atoms with Crippen molar-refractivity contribution in [3.63, 3.8) is 0 Å². The van der Waals surface area contributed by atoms with Crippen molar-refractivity contribution in [3.05, 3.63) is 71.8 Å². The van der Waals surface area contributed by atoms with Crippen molar-refractivity contribution < 1.29 is 28.1 Å². The maximum atomic E-state index is 14.0. The molecular weight excluding hydrogens is 457 g/mol. The van der Waals surface area contributed by atoms with E-state index in [1.165, 1.54) is 14.2 Å². The Labute approximate surface area is 200 Å². The van der Waals surface area contributed by atoms with Gasteiger partial charge in [0.05, 0.1) is 0 Å². The first-order valence-corrected chi connectivity index (χ1v) is 12.9. The third-order valence-electron chi connectivity index (χ3n) is 7.00. The molecule has 0 saturated carbocycles. The zero-order chi connectivity index (χ0) is 24.8. The van der Waals surface area contributed by atoms with Crippen molar-refractivity contribution >= 4 is 19.4 Å². The molecule has 2 aliphatic rings. The zero-order valence-electron chi connectivity index (χ0n) is 20.4. The van der Waals surface area contributed by atoms with E-state index in [-0.39, 0.29) is 0 Å². The molecule has 0 amide bonds. The van der Waals surface area contributed by atoms with E-state index in [2.05, 4.69) is 0 Å². The van der Waals surface area contributed by atoms with Gasteiger partial charge in [-0.15, -0.1) is 0 Å². The van der Waals surface area contributed by atoms with Gasteiger partial charge in [0.15, 0.2) is 0 Å². The SMILES string of the molecule is COC(=O)[C@]1(c2ccccc2)OP2(N(C)C)(O[C@@]1(C(=O)OC)c1ccccc1)N(C)CCN2C. The maximum absolute atomic E-state index is 14.0. The number of nitrogens with zero attached hydrogens (tertiary/aromatic N) is 3. The van der Waals surface area contributed by atoms with Crippen molar-refractivity contribution in [3.8, 4) is 0 Å². The second kappa shape index (κ2) is 8.37. The third-order valence-corrected chi connectivity index (χ3v) is 12.3. The summed E-state index contributed by atoms with van der Waals surface area (Å²) in [6, 6.07) is 17.8. The van der Waals surface area contributed by atoms with Gasteiger partial charge in [-0.3, -0.25) is 0 Å². The van der Waals surface area contributed by atoms with E-state index >= 15 is 0 Å². The predicted octanol–water partition coefficient (Wildman–Crippen LogP) is 2.74. The van der Waals surface area contributed by atoms with Crippen molar-refractivity contribution in [2.75, 3.05) is 55.5 Å². The summed E-state index contributed by atoms with van der Waals surface area (Å²) in [6.07, 6.45) is 0. The topological polar surface area (TPSA) is 80.8 Å². The monoisotopic (exact) mass is 489 g/mol. The Morgan fingerprint density at radius 1 is 0.794 bits per heavy atom. The Bertz CT molecular complexity index is 1000. The van der Waals surface area contributed by atoms with Crippen LogP contribution in [-0.4, -0.2) is 81.4 Å². The molecule has 0 N–H and O–H groups in total. The molecule has 2 fully saturated rings. The second-order valence-corrected chi connectivity index (χ2v) is 12.9. The van der Waals surface area contributed by atoms with Crippen LogP contribution in [0.5, 0.6) is 0 Å². The Kier molecular flexibility index (Phi) is 6.09. The van der Waals surface area contributed by atoms with E-state index in [4.69, 9.17) is 18.5 Å². The molecule has 4 rings (SSSR count). The van der Waals surface area contributed by atoms with Crippen molar-refractivity contribution in [1.82, 2.24) is 14.0 Å². The first-order chi connectivity index (χ1) is 16.2. The molecule has 9 nitrogen and oxygen atoms in total. The fourth-order valence-corrected chi connectivity index (χ4v) is 10.4. The number of esters is 2. The molecule has 0 aliphatic carbocycles. The fraction of sp³-hybridized carbons (Fsp3) is 0.417. The first-order valence-electron chi connectivity index (χ1n) is 11.0. The average molecular weight is 490 g/mol. The molecule has 0 bridgehead atoms. The molecule has 2 aliphatic heterocycles. The summed E-state index contributed by atoms with van der Waals surface area (Å²) >= 11 is 0. The van der Waals surface area contributed by atoms with E-state index in [0.717, 1.165) is 0 Å².